The highest BCUT2D eigenvalue weighted by atomic mass is 19.4. The van der Waals surface area contributed by atoms with Gasteiger partial charge in [-0.2, -0.15) is 13.2 Å². The van der Waals surface area contributed by atoms with Crippen molar-refractivity contribution in [3.8, 4) is 0 Å². The largest absolute Gasteiger partial charge is 0.480 e. The van der Waals surface area contributed by atoms with Gasteiger partial charge in [-0.3, -0.25) is 4.79 Å². The molecule has 0 atom stereocenters. The van der Waals surface area contributed by atoms with Gasteiger partial charge >= 0.3 is 18.2 Å². The Kier molecular flexibility index (Phi) is 5.02. The highest BCUT2D eigenvalue weighted by molar-refractivity contribution is 5.80. The van der Waals surface area contributed by atoms with Crippen LogP contribution >= 0.6 is 0 Å². The lowest BCUT2D eigenvalue weighted by molar-refractivity contribution is -0.138. The van der Waals surface area contributed by atoms with E-state index in [4.69, 9.17) is 5.11 Å². The third-order valence-corrected chi connectivity index (χ3v) is 3.02. The first-order chi connectivity index (χ1) is 9.12. The van der Waals surface area contributed by atoms with Gasteiger partial charge in [-0.15, -0.1) is 0 Å². The van der Waals surface area contributed by atoms with Gasteiger partial charge in [0.15, 0.2) is 0 Å². The van der Waals surface area contributed by atoms with Crippen molar-refractivity contribution in [2.45, 2.75) is 32.5 Å². The number of halogens is 3. The molecular formula is C12H17F3N2O3. The van der Waals surface area contributed by atoms with Crippen LogP contribution in [0.2, 0.25) is 0 Å². The van der Waals surface area contributed by atoms with E-state index in [2.05, 4.69) is 0 Å². The number of nitrogens with zero attached hydrogens (tertiary/aromatic N) is 2. The minimum absolute atomic E-state index is 0.0625. The van der Waals surface area contributed by atoms with E-state index >= 15 is 0 Å². The molecule has 0 aromatic rings. The molecule has 20 heavy (non-hydrogen) atoms. The second kappa shape index (κ2) is 6.15. The summed E-state index contributed by atoms with van der Waals surface area (Å²) in [5, 5.41) is 8.76. The molecule has 0 aromatic heterocycles. The van der Waals surface area contributed by atoms with E-state index in [0.29, 0.717) is 0 Å². The molecule has 0 spiro atoms. The number of aliphatic carboxylic acids is 1. The second-order valence-electron chi connectivity index (χ2n) is 4.82. The van der Waals surface area contributed by atoms with Gasteiger partial charge in [-0.1, -0.05) is 6.08 Å². The summed E-state index contributed by atoms with van der Waals surface area (Å²) in [5.74, 6) is -1.16. The zero-order valence-corrected chi connectivity index (χ0v) is 11.3. The molecule has 2 amide bonds. The molecule has 1 rings (SSSR count). The van der Waals surface area contributed by atoms with Crippen LogP contribution in [0.5, 0.6) is 0 Å². The van der Waals surface area contributed by atoms with Crippen LogP contribution in [0.3, 0.4) is 0 Å². The Labute approximate surface area is 114 Å². The molecule has 5 nitrogen and oxygen atoms in total. The molecule has 1 aliphatic heterocycles. The third-order valence-electron chi connectivity index (χ3n) is 3.02. The van der Waals surface area contributed by atoms with E-state index < -0.39 is 30.3 Å². The van der Waals surface area contributed by atoms with Gasteiger partial charge in [-0.05, 0) is 20.3 Å². The monoisotopic (exact) mass is 294 g/mol. The molecule has 0 aliphatic carbocycles. The number of hydrogen-bond acceptors (Lipinski definition) is 2. The van der Waals surface area contributed by atoms with Crippen molar-refractivity contribution >= 4 is 12.0 Å². The van der Waals surface area contributed by atoms with Gasteiger partial charge in [0.05, 0.1) is 0 Å². The van der Waals surface area contributed by atoms with E-state index in [1.165, 1.54) is 4.90 Å². The summed E-state index contributed by atoms with van der Waals surface area (Å²) >= 11 is 0. The molecule has 0 radical (unpaired) electrons. The Morgan fingerprint density at radius 2 is 2.05 bits per heavy atom. The number of hydrogen-bond donors (Lipinski definition) is 1. The highest BCUT2D eigenvalue weighted by Crippen LogP contribution is 2.30. The molecule has 1 heterocycles. The van der Waals surface area contributed by atoms with Crippen LogP contribution < -0.4 is 0 Å². The number of alkyl halides is 3. The van der Waals surface area contributed by atoms with Gasteiger partial charge in [0.25, 0.3) is 0 Å². The first-order valence-corrected chi connectivity index (χ1v) is 6.16. The molecule has 0 bridgehead atoms. The molecule has 8 heteroatoms. The minimum atomic E-state index is -4.37. The Morgan fingerprint density at radius 3 is 2.40 bits per heavy atom. The Balaban J connectivity index is 2.74. The van der Waals surface area contributed by atoms with Crippen molar-refractivity contribution in [3.05, 3.63) is 11.6 Å². The molecule has 0 fully saturated rings. The predicted octanol–water partition coefficient (Wildman–Crippen LogP) is 2.10. The van der Waals surface area contributed by atoms with E-state index in [9.17, 15) is 22.8 Å². The van der Waals surface area contributed by atoms with Crippen LogP contribution in [0.4, 0.5) is 18.0 Å². The first-order valence-electron chi connectivity index (χ1n) is 6.16. The maximum Gasteiger partial charge on any atom is 0.412 e. The fourth-order valence-corrected chi connectivity index (χ4v) is 1.90. The van der Waals surface area contributed by atoms with Crippen molar-refractivity contribution in [1.29, 1.82) is 0 Å². The number of rotatable bonds is 3. The standard InChI is InChI=1S/C12H17F3N2O3/c1-8(2)17(7-10(18)19)11(20)16-5-3-9(4-6-16)12(13,14)15/h3,8H,4-7H2,1-2H3,(H,18,19). The van der Waals surface area contributed by atoms with E-state index in [-0.39, 0.29) is 25.6 Å². The summed E-state index contributed by atoms with van der Waals surface area (Å²) in [6.07, 6.45) is -3.66. The van der Waals surface area contributed by atoms with Crippen LogP contribution in [-0.2, 0) is 4.79 Å². The summed E-state index contributed by atoms with van der Waals surface area (Å²) in [6, 6.07) is -0.897. The maximum absolute atomic E-state index is 12.5. The SMILES string of the molecule is CC(C)N(CC(=O)O)C(=O)N1CC=C(C(F)(F)F)CC1. The van der Waals surface area contributed by atoms with Crippen molar-refractivity contribution in [2.75, 3.05) is 19.6 Å². The Hall–Kier alpha value is -1.73. The zero-order valence-electron chi connectivity index (χ0n) is 11.3. The molecule has 0 saturated carbocycles. The maximum atomic E-state index is 12.5. The summed E-state index contributed by atoms with van der Waals surface area (Å²) in [6.45, 7) is 2.62. The lowest BCUT2D eigenvalue weighted by Crippen LogP contribution is -2.50. The van der Waals surface area contributed by atoms with E-state index in [1.807, 2.05) is 0 Å². The molecule has 0 aromatic carbocycles. The quantitative estimate of drug-likeness (QED) is 0.811. The molecular weight excluding hydrogens is 277 g/mol. The summed E-state index contributed by atoms with van der Waals surface area (Å²) in [5.41, 5.74) is -0.643. The van der Waals surface area contributed by atoms with Crippen molar-refractivity contribution in [2.24, 2.45) is 0 Å². The highest BCUT2D eigenvalue weighted by Gasteiger charge is 2.36. The number of amides is 2. The van der Waals surface area contributed by atoms with Crippen molar-refractivity contribution < 1.29 is 27.9 Å². The van der Waals surface area contributed by atoms with Gasteiger partial charge in [0.2, 0.25) is 0 Å². The fraction of sp³-hybridized carbons (Fsp3) is 0.667. The molecule has 1 aliphatic rings. The van der Waals surface area contributed by atoms with Gasteiger partial charge in [0, 0.05) is 24.7 Å². The molecule has 114 valence electrons. The van der Waals surface area contributed by atoms with Crippen LogP contribution in [0.1, 0.15) is 20.3 Å². The third kappa shape index (κ3) is 4.14. The molecule has 1 N–H and O–H groups in total. The lowest BCUT2D eigenvalue weighted by Gasteiger charge is -2.34. The van der Waals surface area contributed by atoms with E-state index in [1.54, 1.807) is 13.8 Å². The zero-order chi connectivity index (χ0) is 15.5. The molecule has 0 saturated heterocycles. The minimum Gasteiger partial charge on any atom is -0.480 e. The van der Waals surface area contributed by atoms with Crippen LogP contribution in [0.25, 0.3) is 0 Å². The average molecular weight is 294 g/mol. The smallest absolute Gasteiger partial charge is 0.412 e. The van der Waals surface area contributed by atoms with Crippen LogP contribution in [0, 0.1) is 0 Å². The number of carbonyl (C=O) groups is 2. The predicted molar refractivity (Wildman–Crippen MR) is 65.2 cm³/mol. The normalized spacial score (nSPS) is 16.1. The van der Waals surface area contributed by atoms with E-state index in [0.717, 1.165) is 11.0 Å². The molecule has 0 unspecified atom stereocenters. The summed E-state index contributed by atoms with van der Waals surface area (Å²) in [7, 11) is 0. The number of carboxylic acids is 1. The number of carboxylic acid groups (broad SMARTS) is 1. The Morgan fingerprint density at radius 1 is 1.45 bits per heavy atom. The van der Waals surface area contributed by atoms with Gasteiger partial charge in [-0.25, -0.2) is 4.79 Å². The van der Waals surface area contributed by atoms with Crippen LogP contribution in [0.15, 0.2) is 11.6 Å². The average Bonchev–Trinajstić information content (AvgIpc) is 2.33. The van der Waals surface area contributed by atoms with Crippen molar-refractivity contribution in [1.82, 2.24) is 9.80 Å². The van der Waals surface area contributed by atoms with Crippen LogP contribution in [-0.4, -0.2) is 58.8 Å². The fourth-order valence-electron chi connectivity index (χ4n) is 1.90. The summed E-state index contributed by atoms with van der Waals surface area (Å²) < 4.78 is 37.4. The summed E-state index contributed by atoms with van der Waals surface area (Å²) in [4.78, 5) is 25.2. The Bertz CT molecular complexity index is 419. The topological polar surface area (TPSA) is 60.9 Å². The van der Waals surface area contributed by atoms with Crippen molar-refractivity contribution in [3.63, 3.8) is 0 Å². The second-order valence-corrected chi connectivity index (χ2v) is 4.82. The van der Waals surface area contributed by atoms with Gasteiger partial charge in [0.1, 0.15) is 6.54 Å². The number of carbonyl (C=O) groups excluding carboxylic acids is 1. The first kappa shape index (κ1) is 16.3. The van der Waals surface area contributed by atoms with Gasteiger partial charge < -0.3 is 14.9 Å². The lowest BCUT2D eigenvalue weighted by atomic mass is 10.1. The number of urea groups is 1.